The number of aryl methyl sites for hydroxylation is 1. The van der Waals surface area contributed by atoms with E-state index in [-0.39, 0.29) is 6.04 Å². The summed E-state index contributed by atoms with van der Waals surface area (Å²) in [6, 6.07) is 8.31. The van der Waals surface area contributed by atoms with Crippen molar-refractivity contribution >= 4 is 0 Å². The summed E-state index contributed by atoms with van der Waals surface area (Å²) in [7, 11) is 0. The van der Waals surface area contributed by atoms with E-state index < -0.39 is 6.10 Å². The van der Waals surface area contributed by atoms with E-state index >= 15 is 0 Å². The highest BCUT2D eigenvalue weighted by molar-refractivity contribution is 5.24. The molecule has 0 saturated carbocycles. The Morgan fingerprint density at radius 3 is 2.26 bits per heavy atom. The van der Waals surface area contributed by atoms with Gasteiger partial charge < -0.3 is 10.4 Å². The lowest BCUT2D eigenvalue weighted by Gasteiger charge is -2.28. The van der Waals surface area contributed by atoms with Crippen molar-refractivity contribution in [3.8, 4) is 0 Å². The molecule has 2 N–H and O–H groups in total. The second-order valence-electron chi connectivity index (χ2n) is 5.79. The Kier molecular flexibility index (Phi) is 7.11. The molecule has 0 heterocycles. The van der Waals surface area contributed by atoms with Crippen LogP contribution in [-0.4, -0.2) is 17.7 Å². The number of hydrogen-bond acceptors (Lipinski definition) is 2. The molecule has 2 unspecified atom stereocenters. The molecule has 108 valence electrons. The molecule has 0 fully saturated rings. The van der Waals surface area contributed by atoms with E-state index in [2.05, 4.69) is 45.1 Å². The van der Waals surface area contributed by atoms with Gasteiger partial charge in [0.05, 0.1) is 6.10 Å². The maximum atomic E-state index is 10.5. The van der Waals surface area contributed by atoms with Gasteiger partial charge in [0.15, 0.2) is 0 Å². The highest BCUT2D eigenvalue weighted by atomic mass is 16.3. The molecule has 0 amide bonds. The molecule has 0 aliphatic heterocycles. The highest BCUT2D eigenvalue weighted by Gasteiger charge is 2.23. The average Bonchev–Trinajstić information content (AvgIpc) is 2.38. The lowest BCUT2D eigenvalue weighted by molar-refractivity contribution is 0.105. The molecule has 2 atom stereocenters. The Morgan fingerprint density at radius 2 is 1.74 bits per heavy atom. The zero-order valence-electron chi connectivity index (χ0n) is 12.8. The van der Waals surface area contributed by atoms with E-state index in [1.165, 1.54) is 24.8 Å². The molecule has 1 aromatic rings. The molecular weight excluding hydrogens is 234 g/mol. The molecule has 1 aromatic carbocycles. The summed E-state index contributed by atoms with van der Waals surface area (Å²) in [5, 5.41) is 14.1. The molecule has 0 aliphatic carbocycles. The zero-order chi connectivity index (χ0) is 14.3. The summed E-state index contributed by atoms with van der Waals surface area (Å²) in [6.45, 7) is 9.59. The van der Waals surface area contributed by atoms with Crippen LogP contribution >= 0.6 is 0 Å². The molecule has 2 heteroatoms. The van der Waals surface area contributed by atoms with E-state index in [0.717, 1.165) is 12.1 Å². The Hall–Kier alpha value is -0.860. The molecule has 2 nitrogen and oxygen atoms in total. The normalized spacial score (nSPS) is 14.6. The lowest BCUT2D eigenvalue weighted by atomic mass is 9.93. The Bertz CT molecular complexity index is 345. The summed E-state index contributed by atoms with van der Waals surface area (Å²) in [5.41, 5.74) is 2.24. The molecule has 0 saturated heterocycles. The number of hydrogen-bond donors (Lipinski definition) is 2. The van der Waals surface area contributed by atoms with Crippen LogP contribution in [0.5, 0.6) is 0 Å². The van der Waals surface area contributed by atoms with Crippen LogP contribution in [0, 0.1) is 12.8 Å². The fourth-order valence-electron chi connectivity index (χ4n) is 2.33. The maximum absolute atomic E-state index is 10.5. The quantitative estimate of drug-likeness (QED) is 0.699. The van der Waals surface area contributed by atoms with E-state index in [1.54, 1.807) is 0 Å². The van der Waals surface area contributed by atoms with Crippen molar-refractivity contribution in [2.45, 2.75) is 59.1 Å². The van der Waals surface area contributed by atoms with Gasteiger partial charge >= 0.3 is 0 Å². The van der Waals surface area contributed by atoms with E-state index in [1.807, 2.05) is 12.1 Å². The predicted molar refractivity (Wildman–Crippen MR) is 82.3 cm³/mol. The number of rotatable bonds is 8. The van der Waals surface area contributed by atoms with E-state index in [0.29, 0.717) is 5.92 Å². The molecule has 0 spiro atoms. The third kappa shape index (κ3) is 5.33. The van der Waals surface area contributed by atoms with Gasteiger partial charge in [-0.2, -0.15) is 0 Å². The van der Waals surface area contributed by atoms with Gasteiger partial charge in [0.2, 0.25) is 0 Å². The minimum absolute atomic E-state index is 0.125. The molecule has 0 aliphatic rings. The van der Waals surface area contributed by atoms with Crippen molar-refractivity contribution in [1.82, 2.24) is 5.32 Å². The minimum atomic E-state index is -0.428. The Morgan fingerprint density at radius 1 is 1.11 bits per heavy atom. The maximum Gasteiger partial charge on any atom is 0.0945 e. The number of aliphatic hydroxyl groups excluding tert-OH is 1. The summed E-state index contributed by atoms with van der Waals surface area (Å²) < 4.78 is 0. The van der Waals surface area contributed by atoms with Gasteiger partial charge in [-0.1, -0.05) is 63.4 Å². The van der Waals surface area contributed by atoms with Crippen LogP contribution in [0.2, 0.25) is 0 Å². The van der Waals surface area contributed by atoms with Crippen LogP contribution in [-0.2, 0) is 0 Å². The first-order valence-electron chi connectivity index (χ1n) is 7.54. The summed E-state index contributed by atoms with van der Waals surface area (Å²) in [4.78, 5) is 0. The van der Waals surface area contributed by atoms with Crippen molar-refractivity contribution in [1.29, 1.82) is 0 Å². The van der Waals surface area contributed by atoms with Crippen molar-refractivity contribution in [2.24, 2.45) is 5.92 Å². The van der Waals surface area contributed by atoms with Crippen molar-refractivity contribution in [2.75, 3.05) is 6.54 Å². The highest BCUT2D eigenvalue weighted by Crippen LogP contribution is 2.22. The van der Waals surface area contributed by atoms with Gasteiger partial charge in [-0.05, 0) is 31.4 Å². The number of aliphatic hydroxyl groups is 1. The largest absolute Gasteiger partial charge is 0.387 e. The molecule has 0 radical (unpaired) electrons. The second-order valence-corrected chi connectivity index (χ2v) is 5.79. The predicted octanol–water partition coefficient (Wildman–Crippen LogP) is 3.83. The zero-order valence-corrected chi connectivity index (χ0v) is 12.8. The average molecular weight is 263 g/mol. The van der Waals surface area contributed by atoms with Crippen LogP contribution in [0.25, 0.3) is 0 Å². The van der Waals surface area contributed by atoms with Crippen molar-refractivity contribution < 1.29 is 5.11 Å². The Labute approximate surface area is 118 Å². The number of unbranched alkanes of at least 4 members (excludes halogenated alkanes) is 2. The first kappa shape index (κ1) is 16.2. The summed E-state index contributed by atoms with van der Waals surface area (Å²) in [6.07, 6.45) is 3.23. The van der Waals surface area contributed by atoms with Crippen molar-refractivity contribution in [3.05, 3.63) is 35.4 Å². The smallest absolute Gasteiger partial charge is 0.0945 e. The molecular formula is C17H29NO. The Balaban J connectivity index is 2.61. The SMILES string of the molecule is CCCCCNC(C(C)C)C(O)c1ccc(C)cc1. The van der Waals surface area contributed by atoms with Crippen LogP contribution in [0.3, 0.4) is 0 Å². The van der Waals surface area contributed by atoms with Gasteiger partial charge in [-0.15, -0.1) is 0 Å². The van der Waals surface area contributed by atoms with E-state index in [4.69, 9.17) is 0 Å². The second kappa shape index (κ2) is 8.34. The minimum Gasteiger partial charge on any atom is -0.387 e. The lowest BCUT2D eigenvalue weighted by Crippen LogP contribution is -2.39. The monoisotopic (exact) mass is 263 g/mol. The van der Waals surface area contributed by atoms with Gasteiger partial charge in [-0.3, -0.25) is 0 Å². The summed E-state index contributed by atoms with van der Waals surface area (Å²) >= 11 is 0. The first-order chi connectivity index (χ1) is 9.06. The van der Waals surface area contributed by atoms with Crippen molar-refractivity contribution in [3.63, 3.8) is 0 Å². The molecule has 19 heavy (non-hydrogen) atoms. The molecule has 0 bridgehead atoms. The summed E-state index contributed by atoms with van der Waals surface area (Å²) in [5.74, 6) is 0.415. The third-order valence-electron chi connectivity index (χ3n) is 3.64. The van der Waals surface area contributed by atoms with Gasteiger partial charge in [0, 0.05) is 6.04 Å². The number of nitrogens with one attached hydrogen (secondary N) is 1. The fraction of sp³-hybridized carbons (Fsp3) is 0.647. The number of benzene rings is 1. The molecule has 0 aromatic heterocycles. The van der Waals surface area contributed by atoms with Crippen LogP contribution in [0.15, 0.2) is 24.3 Å². The van der Waals surface area contributed by atoms with Gasteiger partial charge in [0.1, 0.15) is 0 Å². The third-order valence-corrected chi connectivity index (χ3v) is 3.64. The van der Waals surface area contributed by atoms with Crippen LogP contribution < -0.4 is 5.32 Å². The van der Waals surface area contributed by atoms with Crippen LogP contribution in [0.1, 0.15) is 57.3 Å². The standard InChI is InChI=1S/C17H29NO/c1-5-6-7-12-18-16(13(2)3)17(19)15-10-8-14(4)9-11-15/h8-11,13,16-19H,5-7,12H2,1-4H3. The molecule has 1 rings (SSSR count). The van der Waals surface area contributed by atoms with Gasteiger partial charge in [-0.25, -0.2) is 0 Å². The topological polar surface area (TPSA) is 32.3 Å². The first-order valence-corrected chi connectivity index (χ1v) is 7.54. The fourth-order valence-corrected chi connectivity index (χ4v) is 2.33. The van der Waals surface area contributed by atoms with E-state index in [9.17, 15) is 5.11 Å². The van der Waals surface area contributed by atoms with Crippen LogP contribution in [0.4, 0.5) is 0 Å². The van der Waals surface area contributed by atoms with Gasteiger partial charge in [0.25, 0.3) is 0 Å².